The molecule has 3 rings (SSSR count). The van der Waals surface area contributed by atoms with Crippen LogP contribution < -0.4 is 0 Å². The first-order chi connectivity index (χ1) is 22.3. The minimum Gasteiger partial charge on any atom is -0.384 e. The second-order valence-electron chi connectivity index (χ2n) is 20.1. The van der Waals surface area contributed by atoms with Crippen molar-refractivity contribution in [2.24, 2.45) is 55.7 Å². The molecule has 0 aliphatic heterocycles. The topological polar surface area (TPSA) is 52.6 Å². The Morgan fingerprint density at radius 3 is 1.22 bits per heavy atom. The lowest BCUT2D eigenvalue weighted by Gasteiger charge is -2.55. The molecule has 0 bridgehead atoms. The maximum Gasteiger partial charge on any atom is 0.134 e. The Kier molecular flexibility index (Phi) is 16.4. The smallest absolute Gasteiger partial charge is 0.134 e. The van der Waals surface area contributed by atoms with Gasteiger partial charge in [-0.2, -0.15) is 0 Å². The first-order valence-corrected chi connectivity index (χ1v) is 19.4. The van der Waals surface area contributed by atoms with Crippen LogP contribution >= 0.6 is 0 Å². The van der Waals surface area contributed by atoms with Crippen molar-refractivity contribution < 1.29 is 19.1 Å². The van der Waals surface area contributed by atoms with E-state index in [2.05, 4.69) is 132 Å². The second-order valence-corrected chi connectivity index (χ2v) is 20.1. The average molecular weight is 715 g/mol. The molecular formula is C47H86O4. The summed E-state index contributed by atoms with van der Waals surface area (Å²) >= 11 is 0. The number of hydrogen-bond donors (Lipinski definition) is 0. The number of allylic oxidation sites excluding steroid dienone is 6. The van der Waals surface area contributed by atoms with Crippen LogP contribution in [0.2, 0.25) is 0 Å². The fraction of sp³-hybridized carbons (Fsp3) is 0.830. The normalized spacial score (nSPS) is 28.0. The maximum absolute atomic E-state index is 12.1. The third-order valence-electron chi connectivity index (χ3n) is 15.5. The average Bonchev–Trinajstić information content (AvgIpc) is 2.98. The highest BCUT2D eigenvalue weighted by molar-refractivity contribution is 5.90. The SMILES string of the molecule is C.CC(=O)C1C(C(C)=O)C(C)(C)C(C)=C(C)C1(C)C.CCC1CC(C)(C)C(C)=C(C)C1(C)C.COCC1(COC)CC(C)(C)C(C)=C(C)C1(C)C. The van der Waals surface area contributed by atoms with E-state index in [1.807, 2.05) is 0 Å². The number of ether oxygens (including phenoxy) is 2. The van der Waals surface area contributed by atoms with E-state index in [4.69, 9.17) is 9.47 Å². The predicted octanol–water partition coefficient (Wildman–Crippen LogP) is 13.3. The molecular weight excluding hydrogens is 629 g/mol. The molecule has 3 unspecified atom stereocenters. The molecule has 3 aliphatic rings. The Morgan fingerprint density at radius 2 is 0.902 bits per heavy atom. The zero-order chi connectivity index (χ0) is 39.8. The third kappa shape index (κ3) is 9.24. The molecule has 0 N–H and O–H groups in total. The van der Waals surface area contributed by atoms with E-state index >= 15 is 0 Å². The highest BCUT2D eigenvalue weighted by Gasteiger charge is 2.54. The summed E-state index contributed by atoms with van der Waals surface area (Å²) in [5, 5.41) is 0. The molecule has 0 heterocycles. The van der Waals surface area contributed by atoms with Gasteiger partial charge in [-0.1, -0.05) is 137 Å². The zero-order valence-electron chi connectivity index (χ0n) is 37.4. The Bertz CT molecular complexity index is 1290. The first kappa shape index (κ1) is 49.5. The van der Waals surface area contributed by atoms with Crippen molar-refractivity contribution in [3.63, 3.8) is 0 Å². The Balaban J connectivity index is 0.000000735. The van der Waals surface area contributed by atoms with Crippen molar-refractivity contribution >= 4 is 11.6 Å². The van der Waals surface area contributed by atoms with E-state index in [1.165, 1.54) is 35.1 Å². The van der Waals surface area contributed by atoms with Gasteiger partial charge < -0.3 is 9.47 Å². The summed E-state index contributed by atoms with van der Waals surface area (Å²) in [5.41, 5.74) is 9.52. The van der Waals surface area contributed by atoms with Gasteiger partial charge in [0, 0.05) is 31.5 Å². The van der Waals surface area contributed by atoms with Gasteiger partial charge in [0.1, 0.15) is 11.6 Å². The van der Waals surface area contributed by atoms with Gasteiger partial charge in [0.2, 0.25) is 0 Å². The summed E-state index contributed by atoms with van der Waals surface area (Å²) < 4.78 is 11.1. The van der Waals surface area contributed by atoms with E-state index in [1.54, 1.807) is 39.2 Å². The van der Waals surface area contributed by atoms with Gasteiger partial charge >= 0.3 is 0 Å². The Morgan fingerprint density at radius 1 is 0.569 bits per heavy atom. The van der Waals surface area contributed by atoms with E-state index in [-0.39, 0.29) is 57.9 Å². The minimum atomic E-state index is -0.234. The molecule has 0 saturated carbocycles. The molecule has 4 heteroatoms. The molecule has 0 saturated heterocycles. The van der Waals surface area contributed by atoms with E-state index in [9.17, 15) is 9.59 Å². The molecule has 0 aromatic heterocycles. The van der Waals surface area contributed by atoms with Crippen LogP contribution in [0.5, 0.6) is 0 Å². The maximum atomic E-state index is 12.1. The van der Waals surface area contributed by atoms with Crippen LogP contribution in [-0.2, 0) is 19.1 Å². The van der Waals surface area contributed by atoms with Gasteiger partial charge in [0.05, 0.1) is 13.2 Å². The molecule has 3 atom stereocenters. The lowest BCUT2D eigenvalue weighted by Crippen LogP contribution is -2.52. The largest absolute Gasteiger partial charge is 0.384 e. The molecule has 51 heavy (non-hydrogen) atoms. The van der Waals surface area contributed by atoms with Crippen molar-refractivity contribution in [2.75, 3.05) is 27.4 Å². The fourth-order valence-electron chi connectivity index (χ4n) is 10.4. The van der Waals surface area contributed by atoms with Gasteiger partial charge in [-0.25, -0.2) is 0 Å². The number of rotatable bonds is 7. The van der Waals surface area contributed by atoms with Crippen LogP contribution in [0, 0.1) is 55.7 Å². The standard InChI is InChI=1S/C16H30O2.C16H26O2.C14H26.CH4/c1-12-13(2)15(5,6)16(10-17-7,11-18-8)9-14(12,3)4;1-9-10(2)16(7,8)14(12(4)18)13(11(3)17)15(9,5)6;1-8-12-9-13(4,5)10(2)11(3)14(12,6)7;/h9-11H2,1-8H3;13-14H,1-8H3;12H,8-9H2,1-7H3;1H4. The third-order valence-corrected chi connectivity index (χ3v) is 15.5. The number of carbonyl (C=O) groups excluding carboxylic acids is 2. The lowest BCUT2D eigenvalue weighted by molar-refractivity contribution is -0.139. The fourth-order valence-corrected chi connectivity index (χ4v) is 10.4. The Hall–Kier alpha value is -1.52. The van der Waals surface area contributed by atoms with Crippen LogP contribution in [-0.4, -0.2) is 39.0 Å². The van der Waals surface area contributed by atoms with E-state index in [0.29, 0.717) is 10.8 Å². The molecule has 0 radical (unpaired) electrons. The highest BCUT2D eigenvalue weighted by Crippen LogP contribution is 2.59. The predicted molar refractivity (Wildman–Crippen MR) is 222 cm³/mol. The van der Waals surface area contributed by atoms with E-state index in [0.717, 1.165) is 25.6 Å². The minimum absolute atomic E-state index is 0. The van der Waals surface area contributed by atoms with Crippen molar-refractivity contribution in [3.8, 4) is 0 Å². The molecule has 3 aliphatic carbocycles. The number of hydrogen-bond acceptors (Lipinski definition) is 4. The van der Waals surface area contributed by atoms with Crippen LogP contribution in [0.1, 0.15) is 172 Å². The molecule has 0 fully saturated rings. The summed E-state index contributed by atoms with van der Waals surface area (Å²) in [6.45, 7) is 47.8. The van der Waals surface area contributed by atoms with Crippen LogP contribution in [0.25, 0.3) is 0 Å². The molecule has 0 aromatic carbocycles. The van der Waals surface area contributed by atoms with Gasteiger partial charge in [0.25, 0.3) is 0 Å². The summed E-state index contributed by atoms with van der Waals surface area (Å²) in [6.07, 6.45) is 3.76. The van der Waals surface area contributed by atoms with Gasteiger partial charge in [0.15, 0.2) is 0 Å². The van der Waals surface area contributed by atoms with Crippen LogP contribution in [0.4, 0.5) is 0 Å². The van der Waals surface area contributed by atoms with Gasteiger partial charge in [-0.15, -0.1) is 0 Å². The van der Waals surface area contributed by atoms with Crippen molar-refractivity contribution in [1.82, 2.24) is 0 Å². The summed E-state index contributed by atoms with van der Waals surface area (Å²) in [4.78, 5) is 24.2. The molecule has 0 amide bonds. The van der Waals surface area contributed by atoms with Gasteiger partial charge in [-0.3, -0.25) is 9.59 Å². The summed E-state index contributed by atoms with van der Waals surface area (Å²) in [5.74, 6) is 0.670. The van der Waals surface area contributed by atoms with Crippen molar-refractivity contribution in [2.45, 2.75) is 172 Å². The highest BCUT2D eigenvalue weighted by atomic mass is 16.5. The van der Waals surface area contributed by atoms with Crippen LogP contribution in [0.3, 0.4) is 0 Å². The van der Waals surface area contributed by atoms with Gasteiger partial charge in [-0.05, 0) is 107 Å². The zero-order valence-corrected chi connectivity index (χ0v) is 37.4. The number of Topliss-reactive ketones (excluding diaryl/α,β-unsaturated/α-hetero) is 2. The molecule has 298 valence electrons. The molecule has 4 nitrogen and oxygen atoms in total. The molecule has 0 aromatic rings. The monoisotopic (exact) mass is 715 g/mol. The first-order valence-electron chi connectivity index (χ1n) is 19.4. The quantitative estimate of drug-likeness (QED) is 0.246. The number of ketones is 2. The van der Waals surface area contributed by atoms with Crippen molar-refractivity contribution in [1.29, 1.82) is 0 Å². The lowest BCUT2D eigenvalue weighted by atomic mass is 9.50. The number of methoxy groups -OCH3 is 2. The number of carbonyl (C=O) groups is 2. The Labute approximate surface area is 318 Å². The van der Waals surface area contributed by atoms with E-state index < -0.39 is 0 Å². The van der Waals surface area contributed by atoms with Crippen LogP contribution in [0.15, 0.2) is 33.4 Å². The summed E-state index contributed by atoms with van der Waals surface area (Å²) in [7, 11) is 3.59. The second kappa shape index (κ2) is 16.9. The molecule has 0 spiro atoms. The summed E-state index contributed by atoms with van der Waals surface area (Å²) in [6, 6.07) is 0. The van der Waals surface area contributed by atoms with Crippen molar-refractivity contribution in [3.05, 3.63) is 33.4 Å².